The van der Waals surface area contributed by atoms with Gasteiger partial charge >= 0.3 is 0 Å². The fourth-order valence-electron chi connectivity index (χ4n) is 5.74. The number of fused-ring (bicyclic) bond motifs is 1. The first-order valence-electron chi connectivity index (χ1n) is 13.2. The predicted octanol–water partition coefficient (Wildman–Crippen LogP) is 3.71. The average Bonchev–Trinajstić information content (AvgIpc) is 3.21. The normalized spacial score (nSPS) is 25.3. The molecule has 0 amide bonds. The van der Waals surface area contributed by atoms with Gasteiger partial charge in [0.05, 0.1) is 41.7 Å². The van der Waals surface area contributed by atoms with Crippen LogP contribution in [0.15, 0.2) is 41.1 Å². The Morgan fingerprint density at radius 2 is 2.08 bits per heavy atom. The van der Waals surface area contributed by atoms with Gasteiger partial charge in [-0.25, -0.2) is 0 Å². The second kappa shape index (κ2) is 10.7. The fraction of sp³-hybridized carbons (Fsp3) is 0.679. The van der Waals surface area contributed by atoms with Crippen LogP contribution in [0.1, 0.15) is 63.7 Å². The van der Waals surface area contributed by atoms with Crippen molar-refractivity contribution in [2.45, 2.75) is 64.5 Å². The Bertz CT molecular complexity index is 1030. The molecule has 1 fully saturated rings. The monoisotopic (exact) mass is 515 g/mol. The molecule has 7 nitrogen and oxygen atoms in total. The molecular weight excluding hydrogens is 470 g/mol. The van der Waals surface area contributed by atoms with Crippen molar-refractivity contribution < 1.29 is 9.84 Å². The number of ether oxygens (including phenoxy) is 1. The minimum absolute atomic E-state index is 0.0185. The Morgan fingerprint density at radius 1 is 1.36 bits per heavy atom. The van der Waals surface area contributed by atoms with Gasteiger partial charge in [-0.05, 0) is 70.8 Å². The third-order valence-electron chi connectivity index (χ3n) is 8.02. The van der Waals surface area contributed by atoms with E-state index in [0.29, 0.717) is 5.92 Å². The molecule has 36 heavy (non-hydrogen) atoms. The highest BCUT2D eigenvalue weighted by Crippen LogP contribution is 2.39. The molecule has 0 aliphatic carbocycles. The summed E-state index contributed by atoms with van der Waals surface area (Å²) in [6, 6.07) is 2.05. The standard InChI is InChI=1S/C28H45N5O2S/c1-7-8-21(11-22-13-31(6)16-28(26(22)29)17-35-18-28)19(2)9-10-32-14-23-12-24(20(3)36)30-33(23)25(15-32)27(4,5)34/h7-8,11-12,19-20,25,34,36H,9-10,13-18,29H2,1-6H3/b8-7-,21-11+. The van der Waals surface area contributed by atoms with E-state index in [0.717, 1.165) is 69.4 Å². The van der Waals surface area contributed by atoms with Gasteiger partial charge in [-0.2, -0.15) is 17.7 Å². The van der Waals surface area contributed by atoms with E-state index in [-0.39, 0.29) is 16.7 Å². The molecule has 3 aliphatic heterocycles. The van der Waals surface area contributed by atoms with Crippen LogP contribution in [0.2, 0.25) is 0 Å². The van der Waals surface area contributed by atoms with E-state index in [9.17, 15) is 5.11 Å². The summed E-state index contributed by atoms with van der Waals surface area (Å²) < 4.78 is 7.58. The number of aliphatic hydroxyl groups is 1. The first-order chi connectivity index (χ1) is 16.9. The second-order valence-corrected chi connectivity index (χ2v) is 12.6. The van der Waals surface area contributed by atoms with Gasteiger partial charge in [0.25, 0.3) is 0 Å². The summed E-state index contributed by atoms with van der Waals surface area (Å²) in [6.07, 6.45) is 7.70. The number of likely N-dealkylation sites (N-methyl/N-ethyl adjacent to an activating group) is 1. The quantitative estimate of drug-likeness (QED) is 0.362. The molecule has 0 radical (unpaired) electrons. The third kappa shape index (κ3) is 5.63. The maximum Gasteiger partial charge on any atom is 0.0931 e. The van der Waals surface area contributed by atoms with E-state index in [2.05, 4.69) is 67.6 Å². The van der Waals surface area contributed by atoms with Crippen LogP contribution >= 0.6 is 12.6 Å². The maximum atomic E-state index is 10.9. The Labute approximate surface area is 222 Å². The van der Waals surface area contributed by atoms with Crippen molar-refractivity contribution in [1.82, 2.24) is 19.6 Å². The van der Waals surface area contributed by atoms with Crippen molar-refractivity contribution in [3.63, 3.8) is 0 Å². The van der Waals surface area contributed by atoms with Gasteiger partial charge in [0.1, 0.15) is 0 Å². The van der Waals surface area contributed by atoms with Crippen molar-refractivity contribution in [3.05, 3.63) is 52.5 Å². The van der Waals surface area contributed by atoms with Gasteiger partial charge in [0, 0.05) is 37.1 Å². The van der Waals surface area contributed by atoms with Crippen LogP contribution < -0.4 is 5.73 Å². The highest BCUT2D eigenvalue weighted by atomic mass is 32.1. The van der Waals surface area contributed by atoms with Gasteiger partial charge in [-0.3, -0.25) is 9.58 Å². The van der Waals surface area contributed by atoms with Gasteiger partial charge in [-0.15, -0.1) is 0 Å². The molecule has 1 aromatic rings. The lowest BCUT2D eigenvalue weighted by molar-refractivity contribution is -0.105. The van der Waals surface area contributed by atoms with Crippen LogP contribution in [-0.4, -0.2) is 76.7 Å². The molecule has 1 saturated heterocycles. The molecule has 3 N–H and O–H groups in total. The summed E-state index contributed by atoms with van der Waals surface area (Å²) in [4.78, 5) is 4.81. The van der Waals surface area contributed by atoms with Crippen molar-refractivity contribution in [2.24, 2.45) is 17.1 Å². The topological polar surface area (TPSA) is 79.8 Å². The lowest BCUT2D eigenvalue weighted by atomic mass is 9.77. The largest absolute Gasteiger partial charge is 0.401 e. The van der Waals surface area contributed by atoms with E-state index >= 15 is 0 Å². The van der Waals surface area contributed by atoms with Gasteiger partial charge in [0.2, 0.25) is 0 Å². The van der Waals surface area contributed by atoms with Crippen LogP contribution in [0.5, 0.6) is 0 Å². The van der Waals surface area contributed by atoms with Crippen LogP contribution in [0, 0.1) is 11.3 Å². The fourth-order valence-corrected chi connectivity index (χ4v) is 5.87. The summed E-state index contributed by atoms with van der Waals surface area (Å²) >= 11 is 4.58. The number of aromatic nitrogens is 2. The zero-order valence-electron chi connectivity index (χ0n) is 22.9. The van der Waals surface area contributed by atoms with E-state index in [1.807, 2.05) is 25.5 Å². The zero-order valence-corrected chi connectivity index (χ0v) is 23.8. The van der Waals surface area contributed by atoms with E-state index in [4.69, 9.17) is 15.6 Å². The molecule has 4 rings (SSSR count). The van der Waals surface area contributed by atoms with Crippen molar-refractivity contribution in [2.75, 3.05) is 46.4 Å². The van der Waals surface area contributed by atoms with Crippen LogP contribution in [0.3, 0.4) is 0 Å². The Morgan fingerprint density at radius 3 is 2.67 bits per heavy atom. The maximum absolute atomic E-state index is 10.9. The molecule has 3 aliphatic rings. The Hall–Kier alpha value is -1.58. The molecule has 200 valence electrons. The first-order valence-corrected chi connectivity index (χ1v) is 13.8. The molecule has 3 unspecified atom stereocenters. The molecule has 8 heteroatoms. The molecule has 4 heterocycles. The van der Waals surface area contributed by atoms with Crippen molar-refractivity contribution in [3.8, 4) is 0 Å². The minimum atomic E-state index is -0.865. The van der Waals surface area contributed by atoms with E-state index < -0.39 is 5.60 Å². The van der Waals surface area contributed by atoms with E-state index in [1.54, 1.807) is 0 Å². The lowest BCUT2D eigenvalue weighted by Crippen LogP contribution is -2.56. The number of nitrogens with two attached hydrogens (primary N) is 1. The predicted molar refractivity (Wildman–Crippen MR) is 149 cm³/mol. The molecule has 1 aromatic heterocycles. The molecule has 1 spiro atoms. The number of hydrogen-bond donors (Lipinski definition) is 3. The third-order valence-corrected chi connectivity index (χ3v) is 8.29. The number of thiol groups is 1. The van der Waals surface area contributed by atoms with Crippen LogP contribution in [0.25, 0.3) is 0 Å². The summed E-state index contributed by atoms with van der Waals surface area (Å²) in [7, 11) is 2.17. The van der Waals surface area contributed by atoms with Crippen LogP contribution in [-0.2, 0) is 11.3 Å². The van der Waals surface area contributed by atoms with Gasteiger partial charge < -0.3 is 20.5 Å². The number of rotatable bonds is 8. The Balaban J connectivity index is 1.50. The molecule has 3 atom stereocenters. The van der Waals surface area contributed by atoms with Crippen molar-refractivity contribution in [1.29, 1.82) is 0 Å². The summed E-state index contributed by atoms with van der Waals surface area (Å²) in [6.45, 7) is 16.0. The van der Waals surface area contributed by atoms with Crippen LogP contribution in [0.4, 0.5) is 0 Å². The van der Waals surface area contributed by atoms with Gasteiger partial charge in [0.15, 0.2) is 0 Å². The average molecular weight is 516 g/mol. The summed E-state index contributed by atoms with van der Waals surface area (Å²) in [5.41, 5.74) is 11.5. The molecule has 0 bridgehead atoms. The summed E-state index contributed by atoms with van der Waals surface area (Å²) in [5.74, 6) is 0.378. The van der Waals surface area contributed by atoms with Gasteiger partial charge in [-0.1, -0.05) is 25.2 Å². The smallest absolute Gasteiger partial charge is 0.0931 e. The SMILES string of the molecule is C/C=C\C(=C/C1=C(N)C2(COC2)CN(C)C1)C(C)CCN1Cc2cc(C(C)S)nn2C(C(C)(C)O)C1. The number of hydrogen-bond acceptors (Lipinski definition) is 7. The summed E-state index contributed by atoms with van der Waals surface area (Å²) in [5, 5.41) is 15.8. The molecule has 0 saturated carbocycles. The zero-order chi connectivity index (χ0) is 26.3. The highest BCUT2D eigenvalue weighted by molar-refractivity contribution is 7.80. The van der Waals surface area contributed by atoms with Crippen molar-refractivity contribution >= 4 is 12.6 Å². The van der Waals surface area contributed by atoms with E-state index in [1.165, 1.54) is 11.1 Å². The molecular formula is C28H45N5O2S. The number of nitrogens with zero attached hydrogens (tertiary/aromatic N) is 4. The first kappa shape index (κ1) is 27.5. The Kier molecular flexibility index (Phi) is 8.12. The highest BCUT2D eigenvalue weighted by Gasteiger charge is 2.45. The molecule has 0 aromatic carbocycles. The second-order valence-electron chi connectivity index (χ2n) is 11.8. The lowest BCUT2D eigenvalue weighted by Gasteiger charge is -2.48. The number of allylic oxidation sites excluding steroid dienone is 3. The minimum Gasteiger partial charge on any atom is -0.401 e.